The highest BCUT2D eigenvalue weighted by molar-refractivity contribution is 7.20. The maximum atomic E-state index is 13.7. The van der Waals surface area contributed by atoms with Gasteiger partial charge in [-0.25, -0.2) is 9.36 Å². The number of carbonyl (C=O) groups excluding carboxylic acids is 2. The predicted molar refractivity (Wildman–Crippen MR) is 146 cm³/mol. The fourth-order valence-corrected chi connectivity index (χ4v) is 5.98. The third kappa shape index (κ3) is 5.34. The summed E-state index contributed by atoms with van der Waals surface area (Å²) in [4.78, 5) is 55.8. The highest BCUT2D eigenvalue weighted by atomic mass is 35.5. The fourth-order valence-electron chi connectivity index (χ4n) is 4.43. The number of aromatic nitrogens is 2. The van der Waals surface area contributed by atoms with Crippen LogP contribution in [0.4, 0.5) is 0 Å². The molecular weight excluding hydrogens is 539 g/mol. The first kappa shape index (κ1) is 27.4. The second-order valence-electron chi connectivity index (χ2n) is 8.76. The van der Waals surface area contributed by atoms with E-state index in [1.165, 1.54) is 22.8 Å². The number of halogens is 2. The summed E-state index contributed by atoms with van der Waals surface area (Å²) in [6, 6.07) is 4.42. The Bertz CT molecular complexity index is 1470. The van der Waals surface area contributed by atoms with Crippen LogP contribution in [0.5, 0.6) is 0 Å². The summed E-state index contributed by atoms with van der Waals surface area (Å²) in [6.45, 7) is 7.07. The molecule has 1 aromatic carbocycles. The molecular formula is C25H28Cl2N4O5S. The van der Waals surface area contributed by atoms with Crippen molar-refractivity contribution in [2.75, 3.05) is 26.2 Å². The van der Waals surface area contributed by atoms with Crippen molar-refractivity contribution in [2.24, 2.45) is 0 Å². The minimum absolute atomic E-state index is 0.0619. The van der Waals surface area contributed by atoms with Crippen molar-refractivity contribution in [3.05, 3.63) is 59.5 Å². The summed E-state index contributed by atoms with van der Waals surface area (Å²) in [5, 5.41) is 3.47. The highest BCUT2D eigenvalue weighted by Crippen LogP contribution is 2.30. The average molecular weight is 567 g/mol. The van der Waals surface area contributed by atoms with Gasteiger partial charge in [0.2, 0.25) is 5.91 Å². The molecule has 198 valence electrons. The molecule has 0 radical (unpaired) electrons. The molecule has 0 saturated carbocycles. The molecule has 1 fully saturated rings. The smallest absolute Gasteiger partial charge is 0.337 e. The van der Waals surface area contributed by atoms with Crippen molar-refractivity contribution >= 4 is 56.6 Å². The van der Waals surface area contributed by atoms with Crippen LogP contribution in [0, 0.1) is 6.92 Å². The molecule has 9 nitrogen and oxygen atoms in total. The second kappa shape index (κ2) is 11.4. The van der Waals surface area contributed by atoms with Gasteiger partial charge in [-0.3, -0.25) is 19.0 Å². The predicted octanol–water partition coefficient (Wildman–Crippen LogP) is 3.61. The van der Waals surface area contributed by atoms with Crippen molar-refractivity contribution in [3.8, 4) is 5.69 Å². The number of hydrogen-bond acceptors (Lipinski definition) is 6. The molecule has 4 rings (SSSR count). The van der Waals surface area contributed by atoms with E-state index in [9.17, 15) is 19.2 Å². The van der Waals surface area contributed by atoms with Crippen molar-refractivity contribution in [1.29, 1.82) is 0 Å². The molecule has 0 spiro atoms. The molecule has 1 aliphatic rings. The fraction of sp³-hybridized carbons (Fsp3) is 0.440. The lowest BCUT2D eigenvalue weighted by Crippen LogP contribution is -2.42. The lowest BCUT2D eigenvalue weighted by Gasteiger charge is -2.17. The maximum Gasteiger partial charge on any atom is 0.337 e. The Labute approximate surface area is 227 Å². The maximum absolute atomic E-state index is 13.7. The van der Waals surface area contributed by atoms with E-state index in [1.807, 2.05) is 13.8 Å². The Morgan fingerprint density at radius 3 is 2.54 bits per heavy atom. The van der Waals surface area contributed by atoms with Crippen LogP contribution in [0.15, 0.2) is 27.8 Å². The first-order valence-corrected chi connectivity index (χ1v) is 13.7. The topological polar surface area (TPSA) is 103 Å². The van der Waals surface area contributed by atoms with E-state index in [0.29, 0.717) is 36.7 Å². The number of aryl methyl sites for hydroxylation is 1. The standard InChI is InChI=1S/C25H28Cl2N4O5S/c1-4-29(5-2)23(34)21-14(3)20-22(33)31(15-8-9-17(26)18(27)11-15)25(35)30(24(20)37-21)13-19(32)28-12-16-7-6-10-36-16/h8-9,11,16H,4-7,10,12-13H2,1-3H3,(H,28,32). The van der Waals surface area contributed by atoms with Crippen molar-refractivity contribution in [1.82, 2.24) is 19.4 Å². The van der Waals surface area contributed by atoms with Gasteiger partial charge < -0.3 is 15.0 Å². The van der Waals surface area contributed by atoms with E-state index >= 15 is 0 Å². The van der Waals surface area contributed by atoms with Gasteiger partial charge in [0, 0.05) is 26.2 Å². The van der Waals surface area contributed by atoms with Crippen LogP contribution in [-0.2, 0) is 16.1 Å². The van der Waals surface area contributed by atoms with E-state index in [2.05, 4.69) is 5.32 Å². The zero-order valence-corrected chi connectivity index (χ0v) is 23.1. The van der Waals surface area contributed by atoms with E-state index in [0.717, 1.165) is 28.7 Å². The molecule has 12 heteroatoms. The molecule has 1 saturated heterocycles. The van der Waals surface area contributed by atoms with Crippen molar-refractivity contribution < 1.29 is 14.3 Å². The van der Waals surface area contributed by atoms with Gasteiger partial charge in [-0.2, -0.15) is 0 Å². The summed E-state index contributed by atoms with van der Waals surface area (Å²) in [7, 11) is 0. The first-order valence-electron chi connectivity index (χ1n) is 12.1. The number of thiophene rings is 1. The molecule has 2 amide bonds. The molecule has 1 N–H and O–H groups in total. The molecule has 1 unspecified atom stereocenters. The number of fused-ring (bicyclic) bond motifs is 1. The van der Waals surface area contributed by atoms with E-state index in [-0.39, 0.29) is 44.5 Å². The zero-order valence-electron chi connectivity index (χ0n) is 20.8. The summed E-state index contributed by atoms with van der Waals surface area (Å²) in [6.07, 6.45) is 1.73. The molecule has 0 bridgehead atoms. The summed E-state index contributed by atoms with van der Waals surface area (Å²) < 4.78 is 7.76. The molecule has 0 aliphatic carbocycles. The molecule has 37 heavy (non-hydrogen) atoms. The number of carbonyl (C=O) groups is 2. The number of rotatable bonds is 8. The third-order valence-corrected chi connectivity index (χ3v) is 8.51. The van der Waals surface area contributed by atoms with Crippen molar-refractivity contribution in [2.45, 2.75) is 46.3 Å². The van der Waals surface area contributed by atoms with Gasteiger partial charge in [0.05, 0.1) is 32.1 Å². The minimum Gasteiger partial charge on any atom is -0.376 e. The van der Waals surface area contributed by atoms with E-state index in [1.54, 1.807) is 11.8 Å². The Kier molecular flexibility index (Phi) is 8.42. The summed E-state index contributed by atoms with van der Waals surface area (Å²) in [5.74, 6) is -0.632. The zero-order chi connectivity index (χ0) is 26.9. The van der Waals surface area contributed by atoms with Crippen LogP contribution >= 0.6 is 34.5 Å². The number of ether oxygens (including phenoxy) is 1. The monoisotopic (exact) mass is 566 g/mol. The Hall–Kier alpha value is -2.66. The SMILES string of the molecule is CCN(CC)C(=O)c1sc2c(c1C)c(=O)n(-c1ccc(Cl)c(Cl)c1)c(=O)n2CC(=O)NCC1CCCO1. The van der Waals surface area contributed by atoms with Gasteiger partial charge in [0.15, 0.2) is 0 Å². The number of nitrogens with zero attached hydrogens (tertiary/aromatic N) is 3. The van der Waals surface area contributed by atoms with Crippen LogP contribution in [0.25, 0.3) is 15.9 Å². The number of nitrogens with one attached hydrogen (secondary N) is 1. The van der Waals surface area contributed by atoms with Gasteiger partial charge >= 0.3 is 5.69 Å². The van der Waals surface area contributed by atoms with Gasteiger partial charge in [-0.1, -0.05) is 23.2 Å². The summed E-state index contributed by atoms with van der Waals surface area (Å²) in [5.41, 5.74) is -0.640. The number of benzene rings is 1. The number of hydrogen-bond donors (Lipinski definition) is 1. The van der Waals surface area contributed by atoms with Crippen LogP contribution in [0.2, 0.25) is 10.0 Å². The third-order valence-electron chi connectivity index (χ3n) is 6.47. The van der Waals surface area contributed by atoms with Gasteiger partial charge in [-0.05, 0) is 57.4 Å². The van der Waals surface area contributed by atoms with Gasteiger partial charge in [0.25, 0.3) is 11.5 Å². The van der Waals surface area contributed by atoms with Crippen LogP contribution in [0.3, 0.4) is 0 Å². The Morgan fingerprint density at radius 2 is 1.92 bits per heavy atom. The van der Waals surface area contributed by atoms with E-state index < -0.39 is 17.2 Å². The van der Waals surface area contributed by atoms with Crippen molar-refractivity contribution in [3.63, 3.8) is 0 Å². The van der Waals surface area contributed by atoms with Gasteiger partial charge in [0.1, 0.15) is 11.4 Å². The molecule has 3 aromatic rings. The van der Waals surface area contributed by atoms with Crippen LogP contribution in [-0.4, -0.2) is 58.2 Å². The largest absolute Gasteiger partial charge is 0.376 e. The normalized spacial score (nSPS) is 15.3. The molecule has 1 aliphatic heterocycles. The highest BCUT2D eigenvalue weighted by Gasteiger charge is 2.26. The Morgan fingerprint density at radius 1 is 1.19 bits per heavy atom. The lowest BCUT2D eigenvalue weighted by molar-refractivity contribution is -0.122. The Balaban J connectivity index is 1.88. The lowest BCUT2D eigenvalue weighted by atomic mass is 10.2. The second-order valence-corrected chi connectivity index (χ2v) is 10.6. The number of amides is 2. The minimum atomic E-state index is -0.716. The molecule has 3 heterocycles. The van der Waals surface area contributed by atoms with E-state index in [4.69, 9.17) is 27.9 Å². The van der Waals surface area contributed by atoms with Crippen LogP contribution < -0.4 is 16.6 Å². The average Bonchev–Trinajstić information content (AvgIpc) is 3.51. The molecule has 1 atom stereocenters. The quantitative estimate of drug-likeness (QED) is 0.448. The summed E-state index contributed by atoms with van der Waals surface area (Å²) >= 11 is 13.3. The van der Waals surface area contributed by atoms with Crippen LogP contribution in [0.1, 0.15) is 41.9 Å². The first-order chi connectivity index (χ1) is 17.7. The van der Waals surface area contributed by atoms with Gasteiger partial charge in [-0.15, -0.1) is 11.3 Å². The molecule has 2 aromatic heterocycles.